The number of fused-ring (bicyclic) bond motifs is 1. The van der Waals surface area contributed by atoms with Crippen molar-refractivity contribution in [3.05, 3.63) is 40.3 Å². The molecule has 2 amide bonds. The number of rotatable bonds is 7. The summed E-state index contributed by atoms with van der Waals surface area (Å²) in [5.41, 5.74) is 8.97. The minimum atomic E-state index is -0.314. The Morgan fingerprint density at radius 1 is 1.21 bits per heavy atom. The third-order valence-electron chi connectivity index (χ3n) is 4.75. The van der Waals surface area contributed by atoms with Gasteiger partial charge in [0.1, 0.15) is 10.8 Å². The quantitative estimate of drug-likeness (QED) is 0.714. The average molecular weight is 418 g/mol. The normalized spacial score (nSPS) is 13.0. The van der Waals surface area contributed by atoms with E-state index in [-0.39, 0.29) is 12.0 Å². The molecule has 0 saturated heterocycles. The molecule has 1 aromatic carbocycles. The number of nitrogen functional groups attached to an aromatic ring is 1. The fourth-order valence-corrected chi connectivity index (χ4v) is 4.46. The summed E-state index contributed by atoms with van der Waals surface area (Å²) in [5, 5.41) is 3.60. The van der Waals surface area contributed by atoms with Gasteiger partial charge in [-0.3, -0.25) is 4.79 Å². The van der Waals surface area contributed by atoms with Crippen molar-refractivity contribution in [1.29, 1.82) is 0 Å². The van der Waals surface area contributed by atoms with Crippen LogP contribution in [0.2, 0.25) is 0 Å². The van der Waals surface area contributed by atoms with Crippen LogP contribution < -0.4 is 15.8 Å². The molecule has 29 heavy (non-hydrogen) atoms. The Morgan fingerprint density at radius 2 is 1.97 bits per heavy atom. The fourth-order valence-electron chi connectivity index (χ4n) is 3.26. The zero-order valence-electron chi connectivity index (χ0n) is 16.8. The Kier molecular flexibility index (Phi) is 6.98. The van der Waals surface area contributed by atoms with Gasteiger partial charge in [0.25, 0.3) is 0 Å². The van der Waals surface area contributed by atoms with Crippen molar-refractivity contribution in [3.63, 3.8) is 0 Å². The number of hydrogen-bond acceptors (Lipinski definition) is 6. The van der Waals surface area contributed by atoms with Gasteiger partial charge in [-0.1, -0.05) is 12.1 Å². The molecule has 2 heterocycles. The van der Waals surface area contributed by atoms with Gasteiger partial charge in [0.15, 0.2) is 0 Å². The molecule has 0 aliphatic carbocycles. The summed E-state index contributed by atoms with van der Waals surface area (Å²) in [6.45, 7) is 5.75. The van der Waals surface area contributed by atoms with Crippen LogP contribution in [-0.2, 0) is 28.9 Å². The monoisotopic (exact) mass is 417 g/mol. The van der Waals surface area contributed by atoms with Gasteiger partial charge in [0.05, 0.1) is 25.4 Å². The molecule has 156 valence electrons. The summed E-state index contributed by atoms with van der Waals surface area (Å²) >= 11 is 1.44. The second-order valence-electron chi connectivity index (χ2n) is 6.74. The summed E-state index contributed by atoms with van der Waals surface area (Å²) in [6, 6.07) is 7.77. The first-order valence-electron chi connectivity index (χ1n) is 9.85. The number of nitrogens with two attached hydrogens (primary N) is 1. The molecule has 3 N–H and O–H groups in total. The predicted octanol–water partition coefficient (Wildman–Crippen LogP) is 3.81. The predicted molar refractivity (Wildman–Crippen MR) is 114 cm³/mol. The van der Waals surface area contributed by atoms with Gasteiger partial charge in [-0.2, -0.15) is 0 Å². The summed E-state index contributed by atoms with van der Waals surface area (Å²) in [4.78, 5) is 27.0. The number of amides is 2. The number of nitrogens with one attached hydrogen (secondary N) is 1. The largest absolute Gasteiger partial charge is 0.494 e. The molecule has 8 heteroatoms. The maximum Gasteiger partial charge on any atom is 0.410 e. The number of hydrogen-bond donors (Lipinski definition) is 2. The van der Waals surface area contributed by atoms with E-state index in [1.54, 1.807) is 11.8 Å². The van der Waals surface area contributed by atoms with Gasteiger partial charge < -0.3 is 25.4 Å². The third-order valence-corrected chi connectivity index (χ3v) is 5.90. The van der Waals surface area contributed by atoms with E-state index in [1.165, 1.54) is 11.3 Å². The first-order chi connectivity index (χ1) is 14.0. The molecule has 0 saturated carbocycles. The molecular formula is C21H27N3O4S. The van der Waals surface area contributed by atoms with Crippen molar-refractivity contribution in [2.24, 2.45) is 0 Å². The smallest absolute Gasteiger partial charge is 0.410 e. The lowest BCUT2D eigenvalue weighted by Gasteiger charge is -2.26. The third kappa shape index (κ3) is 5.20. The minimum absolute atomic E-state index is 0.0774. The number of ether oxygens (including phenoxy) is 2. The van der Waals surface area contributed by atoms with E-state index in [4.69, 9.17) is 15.2 Å². The number of thiophene rings is 1. The number of nitrogens with zero attached hydrogens (tertiary/aromatic N) is 1. The highest BCUT2D eigenvalue weighted by atomic mass is 32.1. The summed E-state index contributed by atoms with van der Waals surface area (Å²) in [6.07, 6.45) is 1.36. The Labute approximate surface area is 174 Å². The van der Waals surface area contributed by atoms with Crippen LogP contribution in [0.3, 0.4) is 0 Å². The standard InChI is InChI=1S/C21H27N3O4S/c1-3-27-15-8-5-14(6-9-15)7-10-18(25)23-20-19(22)16-11-12-24(13-17(16)29-20)21(26)28-4-2/h5-6,8-9H,3-4,7,10-13,22H2,1-2H3,(H,23,25). The number of carbonyl (C=O) groups excluding carboxylic acids is 2. The Balaban J connectivity index is 1.56. The van der Waals surface area contributed by atoms with Crippen LogP contribution in [0.5, 0.6) is 5.75 Å². The molecule has 0 unspecified atom stereocenters. The van der Waals surface area contributed by atoms with Gasteiger partial charge >= 0.3 is 6.09 Å². The summed E-state index contributed by atoms with van der Waals surface area (Å²) in [7, 11) is 0. The van der Waals surface area contributed by atoms with E-state index in [9.17, 15) is 9.59 Å². The fraction of sp³-hybridized carbons (Fsp3) is 0.429. The van der Waals surface area contributed by atoms with Crippen molar-refractivity contribution in [2.45, 2.75) is 39.7 Å². The highest BCUT2D eigenvalue weighted by Crippen LogP contribution is 2.39. The molecule has 0 spiro atoms. The maximum absolute atomic E-state index is 12.4. The molecular weight excluding hydrogens is 390 g/mol. The van der Waals surface area contributed by atoms with Crippen LogP contribution in [0.1, 0.15) is 36.3 Å². The van der Waals surface area contributed by atoms with Gasteiger partial charge in [-0.25, -0.2) is 4.79 Å². The van der Waals surface area contributed by atoms with Crippen LogP contribution in [0.4, 0.5) is 15.5 Å². The average Bonchev–Trinajstić information content (AvgIpc) is 3.02. The lowest BCUT2D eigenvalue weighted by atomic mass is 10.1. The molecule has 1 aliphatic rings. The molecule has 7 nitrogen and oxygen atoms in total. The van der Waals surface area contributed by atoms with Crippen LogP contribution in [-0.4, -0.2) is 36.7 Å². The van der Waals surface area contributed by atoms with Crippen LogP contribution >= 0.6 is 11.3 Å². The summed E-state index contributed by atoms with van der Waals surface area (Å²) < 4.78 is 10.5. The molecule has 0 radical (unpaired) electrons. The van der Waals surface area contributed by atoms with Gasteiger partial charge in [-0.05, 0) is 49.9 Å². The zero-order chi connectivity index (χ0) is 20.8. The van der Waals surface area contributed by atoms with Crippen molar-refractivity contribution < 1.29 is 19.1 Å². The maximum atomic E-state index is 12.4. The Morgan fingerprint density at radius 3 is 2.66 bits per heavy atom. The van der Waals surface area contributed by atoms with E-state index >= 15 is 0 Å². The number of carbonyl (C=O) groups is 2. The van der Waals surface area contributed by atoms with Crippen LogP contribution in [0.25, 0.3) is 0 Å². The Hall–Kier alpha value is -2.74. The van der Waals surface area contributed by atoms with Crippen molar-refractivity contribution in [1.82, 2.24) is 4.90 Å². The van der Waals surface area contributed by atoms with Gasteiger partial charge in [-0.15, -0.1) is 11.3 Å². The first-order valence-corrected chi connectivity index (χ1v) is 10.7. The number of aryl methyl sites for hydroxylation is 1. The highest BCUT2D eigenvalue weighted by molar-refractivity contribution is 7.17. The zero-order valence-corrected chi connectivity index (χ0v) is 17.6. The Bertz CT molecular complexity index is 864. The van der Waals surface area contributed by atoms with Gasteiger partial charge in [0, 0.05) is 17.8 Å². The van der Waals surface area contributed by atoms with Crippen molar-refractivity contribution >= 4 is 34.0 Å². The molecule has 0 fully saturated rings. The number of benzene rings is 1. The van der Waals surface area contributed by atoms with Crippen molar-refractivity contribution in [2.75, 3.05) is 30.8 Å². The van der Waals surface area contributed by atoms with E-state index in [2.05, 4.69) is 5.32 Å². The molecule has 2 aromatic rings. The minimum Gasteiger partial charge on any atom is -0.494 e. The molecule has 3 rings (SSSR count). The topological polar surface area (TPSA) is 93.9 Å². The van der Waals surface area contributed by atoms with E-state index in [1.807, 2.05) is 31.2 Å². The van der Waals surface area contributed by atoms with Crippen LogP contribution in [0, 0.1) is 0 Å². The van der Waals surface area contributed by atoms with Gasteiger partial charge in [0.2, 0.25) is 5.91 Å². The summed E-state index contributed by atoms with van der Waals surface area (Å²) in [5.74, 6) is 0.751. The SMILES string of the molecule is CCOC(=O)N1CCc2c(sc(NC(=O)CCc3ccc(OCC)cc3)c2N)C1. The van der Waals surface area contributed by atoms with E-state index < -0.39 is 0 Å². The molecule has 1 aromatic heterocycles. The second kappa shape index (κ2) is 9.65. The molecule has 1 aliphatic heterocycles. The molecule has 0 bridgehead atoms. The first kappa shape index (κ1) is 21.0. The van der Waals surface area contributed by atoms with E-state index in [0.29, 0.717) is 56.3 Å². The van der Waals surface area contributed by atoms with E-state index in [0.717, 1.165) is 21.8 Å². The van der Waals surface area contributed by atoms with Crippen LogP contribution in [0.15, 0.2) is 24.3 Å². The lowest BCUT2D eigenvalue weighted by Crippen LogP contribution is -2.35. The number of anilines is 2. The molecule has 0 atom stereocenters. The van der Waals surface area contributed by atoms with Crippen molar-refractivity contribution in [3.8, 4) is 5.75 Å². The highest BCUT2D eigenvalue weighted by Gasteiger charge is 2.27. The second-order valence-corrected chi connectivity index (χ2v) is 7.85. The lowest BCUT2D eigenvalue weighted by molar-refractivity contribution is -0.116.